The van der Waals surface area contributed by atoms with Crippen LogP contribution in [0.4, 0.5) is 10.1 Å². The van der Waals surface area contributed by atoms with Gasteiger partial charge in [0.2, 0.25) is 11.8 Å². The molecule has 3 fully saturated rings. The van der Waals surface area contributed by atoms with Crippen LogP contribution in [0.2, 0.25) is 0 Å². The molecule has 1 aliphatic heterocycles. The van der Waals surface area contributed by atoms with Crippen LogP contribution in [0.5, 0.6) is 0 Å². The molecule has 1 N–H and O–H groups in total. The molecule has 4 nitrogen and oxygen atoms in total. The Labute approximate surface area is 147 Å². The SMILES string of the molecule is C[C@H](NC(=O)[C@H]1CC(=O)N(c2cccc(F)c2)C1)[C@@H]1C[C@H]2CC[C@H]1C2. The third kappa shape index (κ3) is 3.16. The quantitative estimate of drug-likeness (QED) is 0.912. The van der Waals surface area contributed by atoms with Gasteiger partial charge in [0.15, 0.2) is 0 Å². The zero-order valence-corrected chi connectivity index (χ0v) is 14.6. The van der Waals surface area contributed by atoms with Crippen molar-refractivity contribution in [2.45, 2.75) is 45.1 Å². The van der Waals surface area contributed by atoms with Crippen molar-refractivity contribution in [3.05, 3.63) is 30.1 Å². The van der Waals surface area contributed by atoms with E-state index >= 15 is 0 Å². The van der Waals surface area contributed by atoms with Crippen LogP contribution in [-0.4, -0.2) is 24.4 Å². The summed E-state index contributed by atoms with van der Waals surface area (Å²) in [5.74, 6) is 1.32. The highest BCUT2D eigenvalue weighted by Gasteiger charge is 2.43. The lowest BCUT2D eigenvalue weighted by atomic mass is 9.84. The molecule has 0 spiro atoms. The van der Waals surface area contributed by atoms with E-state index in [9.17, 15) is 14.0 Å². The zero-order chi connectivity index (χ0) is 17.6. The lowest BCUT2D eigenvalue weighted by molar-refractivity contribution is -0.127. The van der Waals surface area contributed by atoms with Crippen molar-refractivity contribution in [3.8, 4) is 0 Å². The van der Waals surface area contributed by atoms with Crippen molar-refractivity contribution in [1.82, 2.24) is 5.32 Å². The normalized spacial score (nSPS) is 32.2. The van der Waals surface area contributed by atoms with Crippen molar-refractivity contribution >= 4 is 17.5 Å². The summed E-state index contributed by atoms with van der Waals surface area (Å²) in [6, 6.07) is 6.16. The van der Waals surface area contributed by atoms with Gasteiger partial charge in [0, 0.05) is 24.7 Å². The molecule has 1 aromatic carbocycles. The number of carbonyl (C=O) groups is 2. The van der Waals surface area contributed by atoms with Crippen molar-refractivity contribution < 1.29 is 14.0 Å². The molecule has 0 unspecified atom stereocenters. The number of benzene rings is 1. The molecule has 1 aromatic rings. The predicted octanol–water partition coefficient (Wildman–Crippen LogP) is 3.12. The maximum Gasteiger partial charge on any atom is 0.227 e. The van der Waals surface area contributed by atoms with Gasteiger partial charge in [0.1, 0.15) is 5.82 Å². The van der Waals surface area contributed by atoms with E-state index in [-0.39, 0.29) is 36.0 Å². The predicted molar refractivity (Wildman–Crippen MR) is 93.4 cm³/mol. The fraction of sp³-hybridized carbons (Fsp3) is 0.600. The van der Waals surface area contributed by atoms with Crippen LogP contribution in [0, 0.1) is 29.5 Å². The number of hydrogen-bond acceptors (Lipinski definition) is 2. The summed E-state index contributed by atoms with van der Waals surface area (Å²) in [5.41, 5.74) is 0.529. The van der Waals surface area contributed by atoms with Crippen LogP contribution < -0.4 is 10.2 Å². The van der Waals surface area contributed by atoms with Crippen molar-refractivity contribution in [1.29, 1.82) is 0 Å². The Morgan fingerprint density at radius 2 is 2.16 bits per heavy atom. The minimum Gasteiger partial charge on any atom is -0.353 e. The summed E-state index contributed by atoms with van der Waals surface area (Å²) in [5, 5.41) is 3.16. The van der Waals surface area contributed by atoms with Crippen LogP contribution in [0.15, 0.2) is 24.3 Å². The molecule has 2 saturated carbocycles. The highest BCUT2D eigenvalue weighted by molar-refractivity contribution is 6.00. The summed E-state index contributed by atoms with van der Waals surface area (Å²) < 4.78 is 13.4. The van der Waals surface area contributed by atoms with Gasteiger partial charge in [0.05, 0.1) is 5.92 Å². The number of rotatable bonds is 4. The second kappa shape index (κ2) is 6.43. The first kappa shape index (κ1) is 16.6. The molecule has 2 amide bonds. The minimum atomic E-state index is -0.372. The minimum absolute atomic E-state index is 0.0393. The van der Waals surface area contributed by atoms with Crippen LogP contribution in [-0.2, 0) is 9.59 Å². The van der Waals surface area contributed by atoms with Gasteiger partial charge in [-0.2, -0.15) is 0 Å². The molecule has 1 saturated heterocycles. The van der Waals surface area contributed by atoms with Crippen LogP contribution in [0.25, 0.3) is 0 Å². The molecule has 3 aliphatic rings. The van der Waals surface area contributed by atoms with Gasteiger partial charge < -0.3 is 10.2 Å². The van der Waals surface area contributed by atoms with E-state index in [0.717, 1.165) is 11.8 Å². The molecule has 1 heterocycles. The van der Waals surface area contributed by atoms with Gasteiger partial charge in [-0.25, -0.2) is 4.39 Å². The molecule has 25 heavy (non-hydrogen) atoms. The number of nitrogens with zero attached hydrogens (tertiary/aromatic N) is 1. The topological polar surface area (TPSA) is 49.4 Å². The fourth-order valence-electron chi connectivity index (χ4n) is 5.13. The van der Waals surface area contributed by atoms with E-state index in [4.69, 9.17) is 0 Å². The lowest BCUT2D eigenvalue weighted by Crippen LogP contribution is -2.43. The summed E-state index contributed by atoms with van der Waals surface area (Å²) in [6.45, 7) is 2.43. The lowest BCUT2D eigenvalue weighted by Gasteiger charge is -2.29. The van der Waals surface area contributed by atoms with Crippen molar-refractivity contribution in [2.75, 3.05) is 11.4 Å². The molecule has 2 aliphatic carbocycles. The third-order valence-electron chi connectivity index (χ3n) is 6.42. The summed E-state index contributed by atoms with van der Waals surface area (Å²) >= 11 is 0. The Morgan fingerprint density at radius 3 is 2.84 bits per heavy atom. The molecule has 2 bridgehead atoms. The molecular formula is C20H25FN2O2. The van der Waals surface area contributed by atoms with Crippen LogP contribution in [0.3, 0.4) is 0 Å². The third-order valence-corrected chi connectivity index (χ3v) is 6.42. The van der Waals surface area contributed by atoms with Crippen molar-refractivity contribution in [3.63, 3.8) is 0 Å². The van der Waals surface area contributed by atoms with E-state index in [0.29, 0.717) is 18.2 Å². The Bertz CT molecular complexity index is 692. The number of anilines is 1. The van der Waals surface area contributed by atoms with E-state index in [1.54, 1.807) is 12.1 Å². The molecule has 134 valence electrons. The highest BCUT2D eigenvalue weighted by atomic mass is 19.1. The maximum atomic E-state index is 13.4. The second-order valence-electron chi connectivity index (χ2n) is 8.02. The molecule has 0 radical (unpaired) electrons. The van der Waals surface area contributed by atoms with E-state index in [1.807, 2.05) is 0 Å². The molecule has 4 rings (SSSR count). The average Bonchev–Trinajstić information content (AvgIpc) is 3.29. The second-order valence-corrected chi connectivity index (χ2v) is 8.02. The van der Waals surface area contributed by atoms with Gasteiger partial charge in [-0.1, -0.05) is 12.5 Å². The van der Waals surface area contributed by atoms with Gasteiger partial charge >= 0.3 is 0 Å². The van der Waals surface area contributed by atoms with Gasteiger partial charge in [-0.3, -0.25) is 9.59 Å². The first-order valence-corrected chi connectivity index (χ1v) is 9.37. The van der Waals surface area contributed by atoms with Crippen LogP contribution >= 0.6 is 0 Å². The summed E-state index contributed by atoms with van der Waals surface area (Å²) in [7, 11) is 0. The Hall–Kier alpha value is -1.91. The fourth-order valence-corrected chi connectivity index (χ4v) is 5.13. The first-order chi connectivity index (χ1) is 12.0. The van der Waals surface area contributed by atoms with E-state index in [1.165, 1.54) is 42.7 Å². The zero-order valence-electron chi connectivity index (χ0n) is 14.6. The number of fused-ring (bicyclic) bond motifs is 2. The standard InChI is InChI=1S/C20H25FN2O2/c1-12(18-8-13-5-6-14(18)7-13)22-20(25)15-9-19(24)23(11-15)17-4-2-3-16(21)10-17/h2-4,10,12-15,18H,5-9,11H2,1H3,(H,22,25)/t12-,13-,14-,15-,18-/m0/s1. The van der Waals surface area contributed by atoms with Gasteiger partial charge in [-0.05, 0) is 62.1 Å². The monoisotopic (exact) mass is 344 g/mol. The van der Waals surface area contributed by atoms with Gasteiger partial charge in [-0.15, -0.1) is 0 Å². The first-order valence-electron chi connectivity index (χ1n) is 9.37. The average molecular weight is 344 g/mol. The Balaban J connectivity index is 1.37. The molecule has 0 aromatic heterocycles. The number of amides is 2. The van der Waals surface area contributed by atoms with Gasteiger partial charge in [0.25, 0.3) is 0 Å². The number of carbonyl (C=O) groups excluding carboxylic acids is 2. The Kier molecular flexibility index (Phi) is 4.26. The number of halogens is 1. The smallest absolute Gasteiger partial charge is 0.227 e. The number of hydrogen-bond donors (Lipinski definition) is 1. The molecule has 5 heteroatoms. The molecule has 5 atom stereocenters. The largest absolute Gasteiger partial charge is 0.353 e. The Morgan fingerprint density at radius 1 is 1.32 bits per heavy atom. The van der Waals surface area contributed by atoms with E-state index in [2.05, 4.69) is 12.2 Å². The van der Waals surface area contributed by atoms with Crippen molar-refractivity contribution in [2.24, 2.45) is 23.7 Å². The molecular weight excluding hydrogens is 319 g/mol. The van der Waals surface area contributed by atoms with Crippen LogP contribution in [0.1, 0.15) is 39.0 Å². The highest BCUT2D eigenvalue weighted by Crippen LogP contribution is 2.49. The summed E-state index contributed by atoms with van der Waals surface area (Å²) in [4.78, 5) is 26.4. The number of nitrogens with one attached hydrogen (secondary N) is 1. The van der Waals surface area contributed by atoms with E-state index < -0.39 is 0 Å². The summed E-state index contributed by atoms with van der Waals surface area (Å²) in [6.07, 6.45) is 5.39. The maximum absolute atomic E-state index is 13.4.